The SMILES string of the molecule is CCC=C(CCC)C(=O)OO. The molecule has 11 heavy (non-hydrogen) atoms. The fraction of sp³-hybridized carbons (Fsp3) is 0.625. The van der Waals surface area contributed by atoms with E-state index >= 15 is 0 Å². The van der Waals surface area contributed by atoms with Gasteiger partial charge in [0, 0.05) is 5.57 Å². The minimum atomic E-state index is -0.631. The lowest BCUT2D eigenvalue weighted by molar-refractivity contribution is -0.229. The van der Waals surface area contributed by atoms with Crippen LogP contribution in [0, 0.1) is 0 Å². The third-order valence-electron chi connectivity index (χ3n) is 1.31. The Balaban J connectivity index is 4.09. The van der Waals surface area contributed by atoms with Gasteiger partial charge in [0.15, 0.2) is 0 Å². The van der Waals surface area contributed by atoms with Gasteiger partial charge in [0.25, 0.3) is 0 Å². The van der Waals surface area contributed by atoms with Gasteiger partial charge in [0.2, 0.25) is 0 Å². The molecule has 3 heteroatoms. The predicted molar refractivity (Wildman–Crippen MR) is 42.0 cm³/mol. The van der Waals surface area contributed by atoms with Gasteiger partial charge in [0.1, 0.15) is 0 Å². The highest BCUT2D eigenvalue weighted by molar-refractivity contribution is 5.87. The van der Waals surface area contributed by atoms with Crippen molar-refractivity contribution in [3.63, 3.8) is 0 Å². The van der Waals surface area contributed by atoms with Crippen LogP contribution in [-0.2, 0) is 9.68 Å². The average Bonchev–Trinajstić information content (AvgIpc) is 2.03. The van der Waals surface area contributed by atoms with Crippen LogP contribution in [0.3, 0.4) is 0 Å². The molecule has 0 fully saturated rings. The second kappa shape index (κ2) is 5.92. The molecule has 0 unspecified atom stereocenters. The maximum absolute atomic E-state index is 10.8. The summed E-state index contributed by atoms with van der Waals surface area (Å²) < 4.78 is 0. The Bertz CT molecular complexity index is 149. The van der Waals surface area contributed by atoms with Crippen LogP contribution in [0.1, 0.15) is 33.1 Å². The van der Waals surface area contributed by atoms with Gasteiger partial charge in [-0.3, -0.25) is 4.89 Å². The molecule has 0 saturated heterocycles. The van der Waals surface area contributed by atoms with Crippen molar-refractivity contribution in [3.05, 3.63) is 11.6 Å². The van der Waals surface area contributed by atoms with Gasteiger partial charge in [-0.2, -0.15) is 5.26 Å². The van der Waals surface area contributed by atoms with Crippen LogP contribution in [0.2, 0.25) is 0 Å². The first-order valence-corrected chi connectivity index (χ1v) is 3.81. The van der Waals surface area contributed by atoms with Gasteiger partial charge in [0.05, 0.1) is 0 Å². The molecule has 0 aliphatic rings. The van der Waals surface area contributed by atoms with Crippen LogP contribution in [0.4, 0.5) is 0 Å². The fourth-order valence-corrected chi connectivity index (χ4v) is 0.862. The monoisotopic (exact) mass is 158 g/mol. The first-order valence-electron chi connectivity index (χ1n) is 3.81. The molecule has 0 radical (unpaired) electrons. The molecule has 0 rings (SSSR count). The highest BCUT2D eigenvalue weighted by atomic mass is 17.1. The van der Waals surface area contributed by atoms with Crippen molar-refractivity contribution < 1.29 is 14.9 Å². The third kappa shape index (κ3) is 3.78. The summed E-state index contributed by atoms with van der Waals surface area (Å²) >= 11 is 0. The molecule has 0 aromatic rings. The average molecular weight is 158 g/mol. The first kappa shape index (κ1) is 10.2. The fourth-order valence-electron chi connectivity index (χ4n) is 0.862. The quantitative estimate of drug-likeness (QED) is 0.387. The molecule has 0 aliphatic heterocycles. The molecule has 0 aromatic heterocycles. The van der Waals surface area contributed by atoms with Gasteiger partial charge >= 0.3 is 5.97 Å². The van der Waals surface area contributed by atoms with Gasteiger partial charge in [-0.15, -0.1) is 0 Å². The van der Waals surface area contributed by atoms with Crippen LogP contribution in [0.5, 0.6) is 0 Å². The van der Waals surface area contributed by atoms with Crippen LogP contribution in [0.25, 0.3) is 0 Å². The lowest BCUT2D eigenvalue weighted by Gasteiger charge is -1.99. The molecule has 0 spiro atoms. The number of allylic oxidation sites excluding steroid dienone is 1. The van der Waals surface area contributed by atoms with Crippen LogP contribution in [0.15, 0.2) is 11.6 Å². The molecule has 64 valence electrons. The number of hydrogen-bond acceptors (Lipinski definition) is 3. The van der Waals surface area contributed by atoms with Gasteiger partial charge in [-0.1, -0.05) is 26.3 Å². The van der Waals surface area contributed by atoms with E-state index in [-0.39, 0.29) is 0 Å². The van der Waals surface area contributed by atoms with Gasteiger partial charge < -0.3 is 0 Å². The van der Waals surface area contributed by atoms with E-state index in [1.165, 1.54) is 0 Å². The van der Waals surface area contributed by atoms with Gasteiger partial charge in [-0.05, 0) is 12.8 Å². The summed E-state index contributed by atoms with van der Waals surface area (Å²) in [5, 5.41) is 8.07. The topological polar surface area (TPSA) is 46.5 Å². The number of carbonyl (C=O) groups excluding carboxylic acids is 1. The molecular formula is C8H14O3. The third-order valence-corrected chi connectivity index (χ3v) is 1.31. The highest BCUT2D eigenvalue weighted by Crippen LogP contribution is 2.07. The van der Waals surface area contributed by atoms with Crippen molar-refractivity contribution in [1.82, 2.24) is 0 Å². The molecule has 0 saturated carbocycles. The van der Waals surface area contributed by atoms with Gasteiger partial charge in [-0.25, -0.2) is 4.79 Å². The molecule has 0 atom stereocenters. The normalized spacial score (nSPS) is 11.4. The Hall–Kier alpha value is -0.830. The zero-order chi connectivity index (χ0) is 8.69. The Morgan fingerprint density at radius 1 is 1.55 bits per heavy atom. The maximum atomic E-state index is 10.8. The van der Waals surface area contributed by atoms with E-state index in [0.717, 1.165) is 12.8 Å². The molecule has 0 bridgehead atoms. The van der Waals surface area contributed by atoms with E-state index in [0.29, 0.717) is 12.0 Å². The Kier molecular flexibility index (Phi) is 5.47. The summed E-state index contributed by atoms with van der Waals surface area (Å²) in [6.45, 7) is 3.90. The van der Waals surface area contributed by atoms with Crippen LogP contribution >= 0.6 is 0 Å². The van der Waals surface area contributed by atoms with Crippen molar-refractivity contribution in [2.75, 3.05) is 0 Å². The lowest BCUT2D eigenvalue weighted by Crippen LogP contribution is -2.04. The number of hydrogen-bond donors (Lipinski definition) is 1. The van der Waals surface area contributed by atoms with Crippen molar-refractivity contribution >= 4 is 5.97 Å². The van der Waals surface area contributed by atoms with E-state index in [1.807, 2.05) is 13.8 Å². The maximum Gasteiger partial charge on any atom is 0.368 e. The smallest absolute Gasteiger partial charge is 0.296 e. The summed E-state index contributed by atoms with van der Waals surface area (Å²) in [5.74, 6) is -0.631. The van der Waals surface area contributed by atoms with E-state index in [9.17, 15) is 4.79 Å². The predicted octanol–water partition coefficient (Wildman–Crippen LogP) is 2.14. The molecule has 0 aliphatic carbocycles. The Labute approximate surface area is 66.6 Å². The summed E-state index contributed by atoms with van der Waals surface area (Å²) in [6, 6.07) is 0. The summed E-state index contributed by atoms with van der Waals surface area (Å²) in [7, 11) is 0. The van der Waals surface area contributed by atoms with E-state index in [1.54, 1.807) is 6.08 Å². The standard InChI is InChI=1S/C8H14O3/c1-3-5-7(6-4-2)8(9)11-10/h5,10H,3-4,6H2,1-2H3. The van der Waals surface area contributed by atoms with Crippen molar-refractivity contribution in [2.24, 2.45) is 0 Å². The van der Waals surface area contributed by atoms with E-state index < -0.39 is 5.97 Å². The highest BCUT2D eigenvalue weighted by Gasteiger charge is 2.07. The van der Waals surface area contributed by atoms with E-state index in [4.69, 9.17) is 5.26 Å². The molecule has 0 aromatic carbocycles. The molecule has 0 amide bonds. The zero-order valence-corrected chi connectivity index (χ0v) is 6.96. The second-order valence-corrected chi connectivity index (χ2v) is 2.27. The largest absolute Gasteiger partial charge is 0.368 e. The summed E-state index contributed by atoms with van der Waals surface area (Å²) in [5.41, 5.74) is 0.553. The minimum Gasteiger partial charge on any atom is -0.296 e. The lowest BCUT2D eigenvalue weighted by atomic mass is 10.1. The first-order chi connectivity index (χ1) is 5.26. The Morgan fingerprint density at radius 2 is 2.18 bits per heavy atom. The minimum absolute atomic E-state index is 0.553. The molecular weight excluding hydrogens is 144 g/mol. The molecule has 3 nitrogen and oxygen atoms in total. The zero-order valence-electron chi connectivity index (χ0n) is 6.96. The van der Waals surface area contributed by atoms with E-state index in [2.05, 4.69) is 4.89 Å². The number of rotatable bonds is 4. The Morgan fingerprint density at radius 3 is 2.55 bits per heavy atom. The second-order valence-electron chi connectivity index (χ2n) is 2.27. The summed E-state index contributed by atoms with van der Waals surface area (Å²) in [6.07, 6.45) is 4.08. The molecule has 0 heterocycles. The van der Waals surface area contributed by atoms with Crippen LogP contribution in [-0.4, -0.2) is 11.2 Å². The molecule has 1 N–H and O–H groups in total. The summed E-state index contributed by atoms with van der Waals surface area (Å²) in [4.78, 5) is 14.4. The van der Waals surface area contributed by atoms with Crippen LogP contribution < -0.4 is 0 Å². The number of carbonyl (C=O) groups is 1. The van der Waals surface area contributed by atoms with Crippen molar-refractivity contribution in [1.29, 1.82) is 0 Å². The van der Waals surface area contributed by atoms with Crippen molar-refractivity contribution in [3.8, 4) is 0 Å². The van der Waals surface area contributed by atoms with Crippen molar-refractivity contribution in [2.45, 2.75) is 33.1 Å².